The van der Waals surface area contributed by atoms with Gasteiger partial charge in [0, 0.05) is 55.5 Å². The molecule has 4 rings (SSSR count). The molecule has 2 amide bonds. The summed E-state index contributed by atoms with van der Waals surface area (Å²) < 4.78 is 7.66. The first-order valence-electron chi connectivity index (χ1n) is 9.68. The predicted molar refractivity (Wildman–Crippen MR) is 105 cm³/mol. The lowest BCUT2D eigenvalue weighted by atomic mass is 10.1. The molecule has 2 fully saturated rings. The van der Waals surface area contributed by atoms with Gasteiger partial charge in [-0.15, -0.1) is 0 Å². The molecule has 7 nitrogen and oxygen atoms in total. The number of fused-ring (bicyclic) bond motifs is 1. The van der Waals surface area contributed by atoms with Crippen molar-refractivity contribution >= 4 is 22.6 Å². The van der Waals surface area contributed by atoms with Gasteiger partial charge in [0.2, 0.25) is 0 Å². The zero-order valence-corrected chi connectivity index (χ0v) is 15.9. The fourth-order valence-electron chi connectivity index (χ4n) is 3.87. The molecule has 2 saturated heterocycles. The SMILES string of the molecule is C[C@@]1(O)CCN(C(=O)Nc2ccc3c(ccn3CCN3CCOCC3)c2)C1. The number of morpholine rings is 1. The summed E-state index contributed by atoms with van der Waals surface area (Å²) in [6.07, 6.45) is 2.72. The van der Waals surface area contributed by atoms with Crippen LogP contribution in [0.2, 0.25) is 0 Å². The highest BCUT2D eigenvalue weighted by Crippen LogP contribution is 2.23. The largest absolute Gasteiger partial charge is 0.388 e. The molecule has 0 bridgehead atoms. The summed E-state index contributed by atoms with van der Waals surface area (Å²) in [4.78, 5) is 16.5. The zero-order chi connectivity index (χ0) is 18.9. The van der Waals surface area contributed by atoms with Crippen molar-refractivity contribution in [1.82, 2.24) is 14.4 Å². The molecule has 2 N–H and O–H groups in total. The summed E-state index contributed by atoms with van der Waals surface area (Å²) in [5.74, 6) is 0. The quantitative estimate of drug-likeness (QED) is 0.861. The van der Waals surface area contributed by atoms with E-state index in [1.54, 1.807) is 11.8 Å². The Morgan fingerprint density at radius 2 is 2.04 bits per heavy atom. The van der Waals surface area contributed by atoms with E-state index in [9.17, 15) is 9.90 Å². The highest BCUT2D eigenvalue weighted by Gasteiger charge is 2.33. The van der Waals surface area contributed by atoms with E-state index in [0.717, 1.165) is 50.5 Å². The molecular formula is C20H28N4O3. The van der Waals surface area contributed by atoms with E-state index in [0.29, 0.717) is 19.5 Å². The number of hydrogen-bond acceptors (Lipinski definition) is 4. The maximum Gasteiger partial charge on any atom is 0.321 e. The van der Waals surface area contributed by atoms with Gasteiger partial charge in [-0.25, -0.2) is 4.79 Å². The number of carbonyl (C=O) groups is 1. The second-order valence-electron chi connectivity index (χ2n) is 7.84. The van der Waals surface area contributed by atoms with Crippen molar-refractivity contribution in [1.29, 1.82) is 0 Å². The number of hydrogen-bond donors (Lipinski definition) is 2. The van der Waals surface area contributed by atoms with Crippen molar-refractivity contribution in [3.05, 3.63) is 30.5 Å². The van der Waals surface area contributed by atoms with Crippen LogP contribution in [0.25, 0.3) is 10.9 Å². The third-order valence-corrected chi connectivity index (χ3v) is 5.52. The van der Waals surface area contributed by atoms with Crippen LogP contribution in [-0.4, -0.2) is 77.0 Å². The van der Waals surface area contributed by atoms with Gasteiger partial charge in [-0.05, 0) is 37.6 Å². The molecule has 2 aliphatic heterocycles. The third kappa shape index (κ3) is 4.26. The summed E-state index contributed by atoms with van der Waals surface area (Å²) in [6, 6.07) is 7.95. The van der Waals surface area contributed by atoms with Crippen LogP contribution < -0.4 is 5.32 Å². The van der Waals surface area contributed by atoms with Crippen molar-refractivity contribution in [3.63, 3.8) is 0 Å². The summed E-state index contributed by atoms with van der Waals surface area (Å²) in [5, 5.41) is 14.1. The van der Waals surface area contributed by atoms with E-state index in [1.165, 1.54) is 5.52 Å². The zero-order valence-electron chi connectivity index (χ0n) is 15.9. The number of aromatic nitrogens is 1. The van der Waals surface area contributed by atoms with Crippen LogP contribution in [0.1, 0.15) is 13.3 Å². The van der Waals surface area contributed by atoms with Crippen molar-refractivity contribution in [3.8, 4) is 0 Å². The number of aliphatic hydroxyl groups is 1. The lowest BCUT2D eigenvalue weighted by molar-refractivity contribution is 0.0365. The molecule has 0 radical (unpaired) electrons. The number of rotatable bonds is 4. The molecule has 0 spiro atoms. The number of nitrogens with one attached hydrogen (secondary N) is 1. The second-order valence-corrected chi connectivity index (χ2v) is 7.84. The molecule has 1 aromatic heterocycles. The molecule has 3 heterocycles. The number of β-amino-alcohol motifs (C(OH)–C–C–N with tert-alkyl or cyclic N) is 1. The summed E-state index contributed by atoms with van der Waals surface area (Å²) >= 11 is 0. The van der Waals surface area contributed by atoms with Crippen LogP contribution in [0.15, 0.2) is 30.5 Å². The summed E-state index contributed by atoms with van der Waals surface area (Å²) in [5.41, 5.74) is 1.18. The Morgan fingerprint density at radius 1 is 1.22 bits per heavy atom. The Labute approximate surface area is 159 Å². The van der Waals surface area contributed by atoms with Crippen LogP contribution in [-0.2, 0) is 11.3 Å². The average molecular weight is 372 g/mol. The fourth-order valence-corrected chi connectivity index (χ4v) is 3.87. The number of ether oxygens (including phenoxy) is 1. The van der Waals surface area contributed by atoms with Gasteiger partial charge in [-0.2, -0.15) is 0 Å². The maximum atomic E-state index is 12.4. The Kier molecular flexibility index (Phi) is 5.08. The van der Waals surface area contributed by atoms with Crippen LogP contribution in [0, 0.1) is 0 Å². The topological polar surface area (TPSA) is 70.0 Å². The second kappa shape index (κ2) is 7.50. The van der Waals surface area contributed by atoms with Gasteiger partial charge in [-0.1, -0.05) is 0 Å². The number of anilines is 1. The van der Waals surface area contributed by atoms with E-state index >= 15 is 0 Å². The normalized spacial score (nSPS) is 23.9. The van der Waals surface area contributed by atoms with Gasteiger partial charge in [-0.3, -0.25) is 4.90 Å². The Morgan fingerprint density at radius 3 is 2.78 bits per heavy atom. The first-order valence-corrected chi connectivity index (χ1v) is 9.68. The highest BCUT2D eigenvalue weighted by atomic mass is 16.5. The average Bonchev–Trinajstić information content (AvgIpc) is 3.23. The van der Waals surface area contributed by atoms with Gasteiger partial charge in [0.1, 0.15) is 0 Å². The minimum Gasteiger partial charge on any atom is -0.388 e. The van der Waals surface area contributed by atoms with Crippen LogP contribution in [0.4, 0.5) is 10.5 Å². The minimum atomic E-state index is -0.779. The molecule has 146 valence electrons. The number of benzene rings is 1. The van der Waals surface area contributed by atoms with Crippen molar-refractivity contribution in [2.45, 2.75) is 25.5 Å². The number of carbonyl (C=O) groups excluding carboxylic acids is 1. The summed E-state index contributed by atoms with van der Waals surface area (Å²) in [6.45, 7) is 8.32. The van der Waals surface area contributed by atoms with E-state index in [-0.39, 0.29) is 6.03 Å². The third-order valence-electron chi connectivity index (χ3n) is 5.52. The molecule has 0 unspecified atom stereocenters. The van der Waals surface area contributed by atoms with Gasteiger partial charge in [0.15, 0.2) is 0 Å². The highest BCUT2D eigenvalue weighted by molar-refractivity contribution is 5.93. The Balaban J connectivity index is 1.39. The lowest BCUT2D eigenvalue weighted by Gasteiger charge is -2.26. The molecule has 27 heavy (non-hydrogen) atoms. The smallest absolute Gasteiger partial charge is 0.321 e. The molecular weight excluding hydrogens is 344 g/mol. The van der Waals surface area contributed by atoms with Gasteiger partial charge >= 0.3 is 6.03 Å². The number of likely N-dealkylation sites (tertiary alicyclic amines) is 1. The van der Waals surface area contributed by atoms with Crippen molar-refractivity contribution < 1.29 is 14.6 Å². The van der Waals surface area contributed by atoms with Gasteiger partial charge < -0.3 is 24.6 Å². The van der Waals surface area contributed by atoms with Gasteiger partial charge in [0.25, 0.3) is 0 Å². The standard InChI is InChI=1S/C20H28N4O3/c1-20(26)5-7-24(15-20)19(25)21-17-2-3-18-16(14-17)4-6-23(18)9-8-22-10-12-27-13-11-22/h2-4,6,14,26H,5,7-13,15H2,1H3,(H,21,25)/t20-/m1/s1. The lowest BCUT2D eigenvalue weighted by Crippen LogP contribution is -2.38. The number of urea groups is 1. The van der Waals surface area contributed by atoms with Crippen LogP contribution in [0.3, 0.4) is 0 Å². The maximum absolute atomic E-state index is 12.4. The molecule has 1 aromatic carbocycles. The van der Waals surface area contributed by atoms with E-state index < -0.39 is 5.60 Å². The van der Waals surface area contributed by atoms with E-state index in [4.69, 9.17) is 4.74 Å². The van der Waals surface area contributed by atoms with Crippen molar-refractivity contribution in [2.75, 3.05) is 51.3 Å². The van der Waals surface area contributed by atoms with Crippen LogP contribution in [0.5, 0.6) is 0 Å². The van der Waals surface area contributed by atoms with E-state index in [2.05, 4.69) is 33.1 Å². The van der Waals surface area contributed by atoms with Gasteiger partial charge in [0.05, 0.1) is 25.4 Å². The minimum absolute atomic E-state index is 0.154. The Bertz CT molecular complexity index is 811. The fraction of sp³-hybridized carbons (Fsp3) is 0.550. The molecule has 2 aliphatic rings. The molecule has 0 saturated carbocycles. The monoisotopic (exact) mass is 372 g/mol. The molecule has 0 aliphatic carbocycles. The van der Waals surface area contributed by atoms with E-state index in [1.807, 2.05) is 12.1 Å². The molecule has 7 heteroatoms. The number of nitrogens with zero attached hydrogens (tertiary/aromatic N) is 3. The molecule has 1 atom stereocenters. The summed E-state index contributed by atoms with van der Waals surface area (Å²) in [7, 11) is 0. The first-order chi connectivity index (χ1) is 13.0. The molecule has 2 aromatic rings. The number of amides is 2. The first kappa shape index (κ1) is 18.3. The van der Waals surface area contributed by atoms with Crippen molar-refractivity contribution in [2.24, 2.45) is 0 Å². The predicted octanol–water partition coefficient (Wildman–Crippen LogP) is 1.96. The van der Waals surface area contributed by atoms with Crippen LogP contribution >= 0.6 is 0 Å². The Hall–Kier alpha value is -2.09.